The van der Waals surface area contributed by atoms with Crippen LogP contribution >= 0.6 is 11.8 Å². The van der Waals surface area contributed by atoms with Crippen LogP contribution in [-0.4, -0.2) is 17.4 Å². The van der Waals surface area contributed by atoms with E-state index in [-0.39, 0.29) is 17.4 Å². The summed E-state index contributed by atoms with van der Waals surface area (Å²) in [5.41, 5.74) is 0.738. The highest BCUT2D eigenvalue weighted by molar-refractivity contribution is 8.00. The zero-order valence-corrected chi connectivity index (χ0v) is 15.9. The zero-order chi connectivity index (χ0) is 20.9. The minimum Gasteiger partial charge on any atom is -0.322 e. The van der Waals surface area contributed by atoms with Crippen LogP contribution in [0.3, 0.4) is 0 Å². The van der Waals surface area contributed by atoms with Gasteiger partial charge in [-0.2, -0.15) is 13.2 Å². The number of thioether (sulfide) groups is 1. The summed E-state index contributed by atoms with van der Waals surface area (Å²) >= 11 is 1.05. The lowest BCUT2D eigenvalue weighted by Crippen LogP contribution is -2.11. The number of rotatable bonds is 6. The Bertz CT molecular complexity index is 1000. The molecule has 7 heteroatoms. The number of hydrogen-bond acceptors (Lipinski definition) is 3. The van der Waals surface area contributed by atoms with Crippen LogP contribution in [0.25, 0.3) is 0 Å². The molecular weight excluding hydrogens is 399 g/mol. The molecule has 1 N–H and O–H groups in total. The Morgan fingerprint density at radius 2 is 1.52 bits per heavy atom. The molecule has 0 aliphatic carbocycles. The van der Waals surface area contributed by atoms with Crippen molar-refractivity contribution in [1.29, 1.82) is 0 Å². The molecule has 3 aromatic carbocycles. The first-order valence-corrected chi connectivity index (χ1v) is 9.61. The largest absolute Gasteiger partial charge is 0.416 e. The number of hydrogen-bond donors (Lipinski definition) is 1. The number of amides is 1. The molecule has 3 nitrogen and oxygen atoms in total. The van der Waals surface area contributed by atoms with Gasteiger partial charge >= 0.3 is 6.18 Å². The van der Waals surface area contributed by atoms with Crippen LogP contribution in [0.4, 0.5) is 18.9 Å². The molecule has 0 radical (unpaired) electrons. The Morgan fingerprint density at radius 1 is 0.828 bits per heavy atom. The van der Waals surface area contributed by atoms with E-state index in [1.807, 2.05) is 6.07 Å². The first kappa shape index (κ1) is 20.7. The molecule has 148 valence electrons. The second-order valence-electron chi connectivity index (χ2n) is 6.13. The molecular formula is C22H16F3NO2S. The van der Waals surface area contributed by atoms with E-state index in [0.717, 1.165) is 23.9 Å². The average Bonchev–Trinajstić information content (AvgIpc) is 2.73. The fraction of sp³-hybridized carbons (Fsp3) is 0.0909. The summed E-state index contributed by atoms with van der Waals surface area (Å²) in [6, 6.07) is 20.0. The van der Waals surface area contributed by atoms with Gasteiger partial charge in [-0.25, -0.2) is 0 Å². The number of alkyl halides is 3. The summed E-state index contributed by atoms with van der Waals surface area (Å²) in [7, 11) is 0. The van der Waals surface area contributed by atoms with Crippen LogP contribution in [0, 0.1) is 0 Å². The summed E-state index contributed by atoms with van der Waals surface area (Å²) in [6.45, 7) is 0. The van der Waals surface area contributed by atoms with Gasteiger partial charge in [-0.1, -0.05) is 24.3 Å². The van der Waals surface area contributed by atoms with Gasteiger partial charge in [0, 0.05) is 21.7 Å². The molecule has 0 unspecified atom stereocenters. The molecule has 0 saturated heterocycles. The average molecular weight is 415 g/mol. The second-order valence-corrected chi connectivity index (χ2v) is 7.18. The van der Waals surface area contributed by atoms with Crippen LogP contribution < -0.4 is 5.32 Å². The number of nitrogens with one attached hydrogen (secondary N) is 1. The van der Waals surface area contributed by atoms with E-state index in [2.05, 4.69) is 5.32 Å². The van der Waals surface area contributed by atoms with Gasteiger partial charge in [0.15, 0.2) is 5.78 Å². The van der Waals surface area contributed by atoms with E-state index in [9.17, 15) is 22.8 Å². The first-order valence-electron chi connectivity index (χ1n) is 8.62. The third-order valence-electron chi connectivity index (χ3n) is 4.03. The topological polar surface area (TPSA) is 46.2 Å². The zero-order valence-electron chi connectivity index (χ0n) is 15.1. The quantitative estimate of drug-likeness (QED) is 0.401. The maximum atomic E-state index is 12.8. The van der Waals surface area contributed by atoms with Gasteiger partial charge in [0.05, 0.1) is 11.3 Å². The predicted molar refractivity (Wildman–Crippen MR) is 107 cm³/mol. The lowest BCUT2D eigenvalue weighted by atomic mass is 10.1. The Balaban J connectivity index is 1.59. The van der Waals surface area contributed by atoms with Crippen molar-refractivity contribution >= 4 is 29.1 Å². The minimum atomic E-state index is -4.42. The Morgan fingerprint density at radius 3 is 2.17 bits per heavy atom. The standard InChI is InChI=1S/C22H16F3NO2S/c23-22(24,25)17-7-4-8-19(13-17)29-14-20(27)15-9-11-18(12-10-15)26-21(28)16-5-2-1-3-6-16/h1-13H,14H2,(H,26,28). The van der Waals surface area contributed by atoms with Crippen molar-refractivity contribution in [2.24, 2.45) is 0 Å². The monoisotopic (exact) mass is 415 g/mol. The van der Waals surface area contributed by atoms with E-state index in [1.165, 1.54) is 12.1 Å². The highest BCUT2D eigenvalue weighted by atomic mass is 32.2. The number of anilines is 1. The smallest absolute Gasteiger partial charge is 0.322 e. The number of Topliss-reactive ketones (excluding diaryl/α,β-unsaturated/α-hetero) is 1. The molecule has 0 aromatic heterocycles. The number of halogens is 3. The van der Waals surface area contributed by atoms with Gasteiger partial charge in [0.1, 0.15) is 0 Å². The number of carbonyl (C=O) groups excluding carboxylic acids is 2. The third kappa shape index (κ3) is 5.71. The first-order chi connectivity index (χ1) is 13.8. The molecule has 3 rings (SSSR count). The van der Waals surface area contributed by atoms with Gasteiger partial charge < -0.3 is 5.32 Å². The van der Waals surface area contributed by atoms with Crippen molar-refractivity contribution in [1.82, 2.24) is 0 Å². The summed E-state index contributed by atoms with van der Waals surface area (Å²) in [5, 5.41) is 2.74. The molecule has 3 aromatic rings. The van der Waals surface area contributed by atoms with Crippen molar-refractivity contribution in [3.05, 3.63) is 95.6 Å². The van der Waals surface area contributed by atoms with Crippen molar-refractivity contribution in [3.8, 4) is 0 Å². The van der Waals surface area contributed by atoms with E-state index >= 15 is 0 Å². The van der Waals surface area contributed by atoms with Gasteiger partial charge in [-0.15, -0.1) is 11.8 Å². The molecule has 0 heterocycles. The van der Waals surface area contributed by atoms with Gasteiger partial charge in [0.2, 0.25) is 0 Å². The summed E-state index contributed by atoms with van der Waals surface area (Å²) < 4.78 is 38.3. The Kier molecular flexibility index (Phi) is 6.39. The summed E-state index contributed by atoms with van der Waals surface area (Å²) in [5.74, 6) is -0.463. The predicted octanol–water partition coefficient (Wildman–Crippen LogP) is 5.93. The number of benzene rings is 3. The summed E-state index contributed by atoms with van der Waals surface area (Å²) in [6.07, 6.45) is -4.42. The lowest BCUT2D eigenvalue weighted by molar-refractivity contribution is -0.137. The van der Waals surface area contributed by atoms with Crippen molar-refractivity contribution < 1.29 is 22.8 Å². The SMILES string of the molecule is O=C(CSc1cccc(C(F)(F)F)c1)c1ccc(NC(=O)c2ccccc2)cc1. The van der Waals surface area contributed by atoms with Gasteiger partial charge in [-0.3, -0.25) is 9.59 Å². The molecule has 0 fully saturated rings. The van der Waals surface area contributed by atoms with Crippen LogP contribution in [0.15, 0.2) is 83.8 Å². The van der Waals surface area contributed by atoms with Gasteiger partial charge in [-0.05, 0) is 54.6 Å². The normalized spacial score (nSPS) is 11.1. The molecule has 0 atom stereocenters. The van der Waals surface area contributed by atoms with Gasteiger partial charge in [0.25, 0.3) is 5.91 Å². The minimum absolute atomic E-state index is 0.0109. The highest BCUT2D eigenvalue weighted by Gasteiger charge is 2.30. The number of ketones is 1. The van der Waals surface area contributed by atoms with E-state index in [0.29, 0.717) is 21.7 Å². The van der Waals surface area contributed by atoms with Crippen LogP contribution in [0.2, 0.25) is 0 Å². The van der Waals surface area contributed by atoms with Crippen molar-refractivity contribution in [3.63, 3.8) is 0 Å². The Hall–Kier alpha value is -3.06. The maximum Gasteiger partial charge on any atom is 0.416 e. The second kappa shape index (κ2) is 8.96. The fourth-order valence-corrected chi connectivity index (χ4v) is 3.38. The van der Waals surface area contributed by atoms with E-state index in [1.54, 1.807) is 48.5 Å². The molecule has 0 aliphatic heterocycles. The highest BCUT2D eigenvalue weighted by Crippen LogP contribution is 2.32. The molecule has 0 aliphatic rings. The maximum absolute atomic E-state index is 12.8. The van der Waals surface area contributed by atoms with Crippen LogP contribution in [0.1, 0.15) is 26.3 Å². The number of carbonyl (C=O) groups is 2. The molecule has 1 amide bonds. The molecule has 0 bridgehead atoms. The van der Waals surface area contributed by atoms with Crippen molar-refractivity contribution in [2.45, 2.75) is 11.1 Å². The van der Waals surface area contributed by atoms with Crippen LogP contribution in [-0.2, 0) is 6.18 Å². The molecule has 0 saturated carbocycles. The van der Waals surface area contributed by atoms with Crippen LogP contribution in [0.5, 0.6) is 0 Å². The third-order valence-corrected chi connectivity index (χ3v) is 5.03. The fourth-order valence-electron chi connectivity index (χ4n) is 2.53. The van der Waals surface area contributed by atoms with Crippen molar-refractivity contribution in [2.75, 3.05) is 11.1 Å². The molecule has 0 spiro atoms. The summed E-state index contributed by atoms with van der Waals surface area (Å²) in [4.78, 5) is 24.8. The van der Waals surface area contributed by atoms with E-state index in [4.69, 9.17) is 0 Å². The van der Waals surface area contributed by atoms with E-state index < -0.39 is 11.7 Å². The molecule has 29 heavy (non-hydrogen) atoms. The Labute approximate surface area is 169 Å². The lowest BCUT2D eigenvalue weighted by Gasteiger charge is -2.09.